The Morgan fingerprint density at radius 3 is 2.59 bits per heavy atom. The molecule has 6 nitrogen and oxygen atoms in total. The van der Waals surface area contributed by atoms with Crippen molar-refractivity contribution < 1.29 is 9.15 Å². The van der Waals surface area contributed by atoms with E-state index in [1.807, 2.05) is 37.4 Å². The second-order valence-corrected chi connectivity index (χ2v) is 7.82. The Bertz CT molecular complexity index is 1010. The van der Waals surface area contributed by atoms with Gasteiger partial charge in [0.25, 0.3) is 0 Å². The minimum atomic E-state index is 0. The van der Waals surface area contributed by atoms with Gasteiger partial charge < -0.3 is 19.8 Å². The number of hydrogen-bond acceptors (Lipinski definition) is 4. The van der Waals surface area contributed by atoms with Gasteiger partial charge in [-0.05, 0) is 36.4 Å². The molecule has 170 valence electrons. The fourth-order valence-electron chi connectivity index (χ4n) is 3.93. The van der Waals surface area contributed by atoms with E-state index in [2.05, 4.69) is 57.9 Å². The SMILES string of the molecule is CN=C(NCc1ccccc1CN(C)Cc1ccco1)NC1CCOc2ccccc21.I. The first kappa shape index (κ1) is 24.1. The number of furan rings is 1. The molecule has 0 amide bonds. The van der Waals surface area contributed by atoms with E-state index < -0.39 is 0 Å². The lowest BCUT2D eigenvalue weighted by Crippen LogP contribution is -2.40. The third kappa shape index (κ3) is 6.26. The smallest absolute Gasteiger partial charge is 0.191 e. The highest BCUT2D eigenvalue weighted by molar-refractivity contribution is 14.0. The molecule has 0 saturated heterocycles. The summed E-state index contributed by atoms with van der Waals surface area (Å²) in [5, 5.41) is 7.04. The predicted octanol–water partition coefficient (Wildman–Crippen LogP) is 4.72. The van der Waals surface area contributed by atoms with Crippen LogP contribution in [0.4, 0.5) is 0 Å². The lowest BCUT2D eigenvalue weighted by Gasteiger charge is -2.28. The van der Waals surface area contributed by atoms with Crippen molar-refractivity contribution in [3.8, 4) is 5.75 Å². The summed E-state index contributed by atoms with van der Waals surface area (Å²) in [6, 6.07) is 20.8. The van der Waals surface area contributed by atoms with Gasteiger partial charge in [-0.3, -0.25) is 9.89 Å². The summed E-state index contributed by atoms with van der Waals surface area (Å²) >= 11 is 0. The van der Waals surface area contributed by atoms with Gasteiger partial charge in [-0.1, -0.05) is 42.5 Å². The second kappa shape index (κ2) is 11.9. The van der Waals surface area contributed by atoms with Crippen LogP contribution < -0.4 is 15.4 Å². The number of fused-ring (bicyclic) bond motifs is 1. The number of halogens is 1. The minimum Gasteiger partial charge on any atom is -0.493 e. The van der Waals surface area contributed by atoms with Crippen molar-refractivity contribution in [1.82, 2.24) is 15.5 Å². The zero-order valence-corrected chi connectivity index (χ0v) is 20.9. The summed E-state index contributed by atoms with van der Waals surface area (Å²) in [6.45, 7) is 3.03. The number of nitrogens with one attached hydrogen (secondary N) is 2. The number of rotatable bonds is 7. The molecule has 32 heavy (non-hydrogen) atoms. The molecular weight excluding hydrogens is 515 g/mol. The summed E-state index contributed by atoms with van der Waals surface area (Å²) in [5.41, 5.74) is 3.72. The standard InChI is InChI=1S/C25H30N4O2.HI/c1-26-25(28-23-13-15-31-24-12-6-5-11-22(23)24)27-16-19-8-3-4-9-20(19)17-29(2)18-21-10-7-14-30-21;/h3-12,14,23H,13,15-18H2,1-2H3,(H2,26,27,28);1H. The van der Waals surface area contributed by atoms with Crippen LogP contribution in [0, 0.1) is 0 Å². The molecule has 1 unspecified atom stereocenters. The molecule has 2 N–H and O–H groups in total. The number of aliphatic imine (C=N–C) groups is 1. The summed E-state index contributed by atoms with van der Waals surface area (Å²) in [4.78, 5) is 6.70. The highest BCUT2D eigenvalue weighted by Gasteiger charge is 2.21. The molecule has 0 fully saturated rings. The van der Waals surface area contributed by atoms with Gasteiger partial charge in [0.1, 0.15) is 11.5 Å². The maximum absolute atomic E-state index is 5.78. The van der Waals surface area contributed by atoms with Crippen molar-refractivity contribution in [2.45, 2.75) is 32.1 Å². The molecule has 7 heteroatoms. The van der Waals surface area contributed by atoms with Crippen LogP contribution in [-0.4, -0.2) is 31.6 Å². The molecule has 0 bridgehead atoms. The summed E-state index contributed by atoms with van der Waals surface area (Å²) in [6.07, 6.45) is 2.63. The normalized spacial score (nSPS) is 15.5. The van der Waals surface area contributed by atoms with Crippen LogP contribution in [0.1, 0.15) is 34.9 Å². The Labute approximate surface area is 207 Å². The topological polar surface area (TPSA) is 62.0 Å². The predicted molar refractivity (Wildman–Crippen MR) is 138 cm³/mol. The maximum atomic E-state index is 5.78. The van der Waals surface area contributed by atoms with Crippen molar-refractivity contribution in [1.29, 1.82) is 0 Å². The average molecular weight is 546 g/mol. The number of ether oxygens (including phenoxy) is 1. The van der Waals surface area contributed by atoms with E-state index in [0.717, 1.165) is 37.0 Å². The Kier molecular flexibility index (Phi) is 8.99. The van der Waals surface area contributed by atoms with Gasteiger partial charge in [0.15, 0.2) is 5.96 Å². The van der Waals surface area contributed by atoms with Crippen molar-refractivity contribution in [2.24, 2.45) is 4.99 Å². The monoisotopic (exact) mass is 546 g/mol. The number of hydrogen-bond donors (Lipinski definition) is 2. The van der Waals surface area contributed by atoms with Gasteiger partial charge in [0.2, 0.25) is 0 Å². The largest absolute Gasteiger partial charge is 0.493 e. The van der Waals surface area contributed by atoms with E-state index in [0.29, 0.717) is 13.2 Å². The van der Waals surface area contributed by atoms with Gasteiger partial charge in [0, 0.05) is 32.1 Å². The van der Waals surface area contributed by atoms with Crippen LogP contribution in [0.3, 0.4) is 0 Å². The Morgan fingerprint density at radius 2 is 1.81 bits per heavy atom. The van der Waals surface area contributed by atoms with E-state index in [1.165, 1.54) is 16.7 Å². The van der Waals surface area contributed by atoms with Gasteiger partial charge in [-0.2, -0.15) is 0 Å². The molecule has 0 radical (unpaired) electrons. The molecule has 1 aliphatic heterocycles. The average Bonchev–Trinajstić information content (AvgIpc) is 3.30. The van der Waals surface area contributed by atoms with Crippen LogP contribution in [0.5, 0.6) is 5.75 Å². The molecule has 3 aromatic rings. The van der Waals surface area contributed by atoms with Crippen molar-refractivity contribution in [3.05, 3.63) is 89.4 Å². The van der Waals surface area contributed by atoms with Gasteiger partial charge in [0.05, 0.1) is 25.5 Å². The second-order valence-electron chi connectivity index (χ2n) is 7.82. The lowest BCUT2D eigenvalue weighted by molar-refractivity contribution is 0.261. The van der Waals surface area contributed by atoms with Crippen molar-refractivity contribution in [2.75, 3.05) is 20.7 Å². The lowest BCUT2D eigenvalue weighted by atomic mass is 10.0. The third-order valence-electron chi connectivity index (χ3n) is 5.50. The van der Waals surface area contributed by atoms with Crippen LogP contribution in [0.2, 0.25) is 0 Å². The van der Waals surface area contributed by atoms with E-state index in [9.17, 15) is 0 Å². The van der Waals surface area contributed by atoms with Gasteiger partial charge >= 0.3 is 0 Å². The third-order valence-corrected chi connectivity index (χ3v) is 5.50. The zero-order valence-electron chi connectivity index (χ0n) is 18.6. The van der Waals surface area contributed by atoms with Crippen molar-refractivity contribution >= 4 is 29.9 Å². The number of benzene rings is 2. The van der Waals surface area contributed by atoms with E-state index in [1.54, 1.807) is 6.26 Å². The molecule has 1 aliphatic rings. The number of guanidine groups is 1. The first-order valence-electron chi connectivity index (χ1n) is 10.7. The first-order chi connectivity index (χ1) is 15.2. The molecular formula is C25H31IN4O2. The van der Waals surface area contributed by atoms with Crippen LogP contribution in [-0.2, 0) is 19.6 Å². The molecule has 4 rings (SSSR count). The van der Waals surface area contributed by atoms with Gasteiger partial charge in [-0.15, -0.1) is 24.0 Å². The van der Waals surface area contributed by atoms with Crippen LogP contribution in [0.25, 0.3) is 0 Å². The van der Waals surface area contributed by atoms with E-state index >= 15 is 0 Å². The molecule has 0 spiro atoms. The van der Waals surface area contributed by atoms with E-state index in [4.69, 9.17) is 9.15 Å². The highest BCUT2D eigenvalue weighted by Crippen LogP contribution is 2.31. The molecule has 1 aromatic heterocycles. The van der Waals surface area contributed by atoms with Gasteiger partial charge in [-0.25, -0.2) is 0 Å². The first-order valence-corrected chi connectivity index (χ1v) is 10.7. The summed E-state index contributed by atoms with van der Waals surface area (Å²) < 4.78 is 11.3. The van der Waals surface area contributed by atoms with Crippen LogP contribution >= 0.6 is 24.0 Å². The number of para-hydroxylation sites is 1. The maximum Gasteiger partial charge on any atom is 0.191 e. The Balaban J connectivity index is 0.00000289. The highest BCUT2D eigenvalue weighted by atomic mass is 127. The molecule has 0 saturated carbocycles. The van der Waals surface area contributed by atoms with Crippen LogP contribution in [0.15, 0.2) is 76.3 Å². The summed E-state index contributed by atoms with van der Waals surface area (Å²) in [5.74, 6) is 2.71. The van der Waals surface area contributed by atoms with E-state index in [-0.39, 0.29) is 30.0 Å². The zero-order chi connectivity index (χ0) is 21.5. The fourth-order valence-corrected chi connectivity index (χ4v) is 3.93. The molecule has 2 heterocycles. The molecule has 0 aliphatic carbocycles. The number of nitrogens with zero attached hydrogens (tertiary/aromatic N) is 2. The summed E-state index contributed by atoms with van der Waals surface area (Å²) in [7, 11) is 3.92. The molecule has 2 aromatic carbocycles. The minimum absolute atomic E-state index is 0. The Morgan fingerprint density at radius 1 is 1.03 bits per heavy atom. The Hall–Kier alpha value is -2.52. The fraction of sp³-hybridized carbons (Fsp3) is 0.320. The quantitative estimate of drug-likeness (QED) is 0.255. The molecule has 1 atom stereocenters. The van der Waals surface area contributed by atoms with Crippen molar-refractivity contribution in [3.63, 3.8) is 0 Å².